The predicted molar refractivity (Wildman–Crippen MR) is 79.8 cm³/mol. The van der Waals surface area contributed by atoms with Crippen molar-refractivity contribution in [3.05, 3.63) is 29.3 Å². The van der Waals surface area contributed by atoms with Gasteiger partial charge >= 0.3 is 0 Å². The number of nitrogens with one attached hydrogen (secondary N) is 1. The summed E-state index contributed by atoms with van der Waals surface area (Å²) in [7, 11) is 1.74. The van der Waals surface area contributed by atoms with Crippen molar-refractivity contribution in [2.45, 2.75) is 32.7 Å². The lowest BCUT2D eigenvalue weighted by Crippen LogP contribution is -2.45. The number of piperazine rings is 1. The van der Waals surface area contributed by atoms with Crippen LogP contribution in [0.2, 0.25) is 0 Å². The van der Waals surface area contributed by atoms with Gasteiger partial charge in [-0.2, -0.15) is 0 Å². The van der Waals surface area contributed by atoms with Crippen LogP contribution < -0.4 is 10.1 Å². The highest BCUT2D eigenvalue weighted by Crippen LogP contribution is 2.29. The number of benzene rings is 1. The molecule has 0 spiro atoms. The number of methoxy groups -OCH3 is 1. The second kappa shape index (κ2) is 6.92. The Balaban J connectivity index is 2.19. The SMILES string of the molecule is CCC[C@@H](c1ccc(OC)c(C)c1)N1CCNCC1. The highest BCUT2D eigenvalue weighted by Gasteiger charge is 2.21. The van der Waals surface area contributed by atoms with E-state index in [4.69, 9.17) is 4.74 Å². The molecule has 0 aromatic heterocycles. The molecule has 0 amide bonds. The maximum Gasteiger partial charge on any atom is 0.121 e. The first-order chi connectivity index (χ1) is 9.26. The Morgan fingerprint density at radius 2 is 2.05 bits per heavy atom. The number of hydrogen-bond donors (Lipinski definition) is 1. The lowest BCUT2D eigenvalue weighted by Gasteiger charge is -2.35. The molecule has 1 heterocycles. The summed E-state index contributed by atoms with van der Waals surface area (Å²) in [5, 5.41) is 3.43. The molecule has 0 aliphatic carbocycles. The van der Waals surface area contributed by atoms with Gasteiger partial charge in [-0.25, -0.2) is 0 Å². The van der Waals surface area contributed by atoms with Gasteiger partial charge in [-0.15, -0.1) is 0 Å². The smallest absolute Gasteiger partial charge is 0.121 e. The third-order valence-corrected chi connectivity index (χ3v) is 3.96. The molecular formula is C16H26N2O. The minimum atomic E-state index is 0.553. The molecule has 3 nitrogen and oxygen atoms in total. The van der Waals surface area contributed by atoms with Gasteiger partial charge in [-0.05, 0) is 30.5 Å². The second-order valence-electron chi connectivity index (χ2n) is 5.32. The number of rotatable bonds is 5. The number of nitrogens with zero attached hydrogens (tertiary/aromatic N) is 1. The Morgan fingerprint density at radius 1 is 1.32 bits per heavy atom. The van der Waals surface area contributed by atoms with Gasteiger partial charge in [-0.1, -0.05) is 25.5 Å². The molecule has 3 heteroatoms. The zero-order valence-corrected chi connectivity index (χ0v) is 12.4. The Kier molecular flexibility index (Phi) is 5.23. The fraction of sp³-hybridized carbons (Fsp3) is 0.625. The minimum absolute atomic E-state index is 0.553. The van der Waals surface area contributed by atoms with E-state index in [1.165, 1.54) is 24.0 Å². The van der Waals surface area contributed by atoms with Crippen LogP contribution in [0.5, 0.6) is 5.75 Å². The molecule has 2 rings (SSSR count). The second-order valence-corrected chi connectivity index (χ2v) is 5.32. The first-order valence-electron chi connectivity index (χ1n) is 7.35. The van der Waals surface area contributed by atoms with E-state index in [1.54, 1.807) is 7.11 Å². The van der Waals surface area contributed by atoms with E-state index in [9.17, 15) is 0 Å². The molecule has 1 saturated heterocycles. The number of ether oxygens (including phenoxy) is 1. The van der Waals surface area contributed by atoms with Crippen LogP contribution in [-0.4, -0.2) is 38.2 Å². The molecule has 0 radical (unpaired) electrons. The lowest BCUT2D eigenvalue weighted by atomic mass is 9.98. The summed E-state index contributed by atoms with van der Waals surface area (Å²) in [6.45, 7) is 8.91. The van der Waals surface area contributed by atoms with E-state index in [2.05, 4.69) is 42.3 Å². The standard InChI is InChI=1S/C16H26N2O/c1-4-5-15(18-10-8-17-9-11-18)14-6-7-16(19-3)13(2)12-14/h6-7,12,15,17H,4-5,8-11H2,1-3H3/t15-/m0/s1. The van der Waals surface area contributed by atoms with Gasteiger partial charge in [-0.3, -0.25) is 4.90 Å². The van der Waals surface area contributed by atoms with Gasteiger partial charge in [0.25, 0.3) is 0 Å². The number of hydrogen-bond acceptors (Lipinski definition) is 3. The molecule has 0 bridgehead atoms. The van der Waals surface area contributed by atoms with Gasteiger partial charge < -0.3 is 10.1 Å². The summed E-state index contributed by atoms with van der Waals surface area (Å²) in [5.74, 6) is 0.985. The molecular weight excluding hydrogens is 236 g/mol. The summed E-state index contributed by atoms with van der Waals surface area (Å²) < 4.78 is 5.36. The average molecular weight is 262 g/mol. The topological polar surface area (TPSA) is 24.5 Å². The zero-order valence-electron chi connectivity index (χ0n) is 12.4. The van der Waals surface area contributed by atoms with Gasteiger partial charge in [0.2, 0.25) is 0 Å². The van der Waals surface area contributed by atoms with E-state index in [0.717, 1.165) is 31.9 Å². The Hall–Kier alpha value is -1.06. The maximum atomic E-state index is 5.36. The fourth-order valence-electron chi connectivity index (χ4n) is 2.94. The van der Waals surface area contributed by atoms with Crippen molar-refractivity contribution in [1.29, 1.82) is 0 Å². The summed E-state index contributed by atoms with van der Waals surface area (Å²) in [6, 6.07) is 7.18. The van der Waals surface area contributed by atoms with Crippen molar-refractivity contribution in [1.82, 2.24) is 10.2 Å². The molecule has 19 heavy (non-hydrogen) atoms. The third-order valence-electron chi connectivity index (χ3n) is 3.96. The normalized spacial score (nSPS) is 18.3. The van der Waals surface area contributed by atoms with Crippen LogP contribution in [0.25, 0.3) is 0 Å². The van der Waals surface area contributed by atoms with Gasteiger partial charge in [0.15, 0.2) is 0 Å². The van der Waals surface area contributed by atoms with Crippen molar-refractivity contribution in [2.24, 2.45) is 0 Å². The van der Waals surface area contributed by atoms with Crippen molar-refractivity contribution < 1.29 is 4.74 Å². The van der Waals surface area contributed by atoms with Crippen LogP contribution in [0.15, 0.2) is 18.2 Å². The molecule has 1 aromatic carbocycles. The molecule has 1 fully saturated rings. The largest absolute Gasteiger partial charge is 0.496 e. The van der Waals surface area contributed by atoms with E-state index < -0.39 is 0 Å². The van der Waals surface area contributed by atoms with Crippen LogP contribution in [0.4, 0.5) is 0 Å². The first kappa shape index (κ1) is 14.4. The van der Waals surface area contributed by atoms with Gasteiger partial charge in [0.05, 0.1) is 7.11 Å². The third kappa shape index (κ3) is 3.48. The van der Waals surface area contributed by atoms with Crippen molar-refractivity contribution in [3.63, 3.8) is 0 Å². The molecule has 1 N–H and O–H groups in total. The Labute approximate surface area is 116 Å². The minimum Gasteiger partial charge on any atom is -0.496 e. The maximum absolute atomic E-state index is 5.36. The Morgan fingerprint density at radius 3 is 2.63 bits per heavy atom. The van der Waals surface area contributed by atoms with E-state index in [-0.39, 0.29) is 0 Å². The quantitative estimate of drug-likeness (QED) is 0.883. The van der Waals surface area contributed by atoms with Crippen LogP contribution in [-0.2, 0) is 0 Å². The number of aryl methyl sites for hydroxylation is 1. The molecule has 1 aliphatic heterocycles. The zero-order chi connectivity index (χ0) is 13.7. The molecule has 1 aliphatic rings. The first-order valence-corrected chi connectivity index (χ1v) is 7.35. The molecule has 1 aromatic rings. The van der Waals surface area contributed by atoms with Crippen molar-refractivity contribution >= 4 is 0 Å². The van der Waals surface area contributed by atoms with Crippen molar-refractivity contribution in [2.75, 3.05) is 33.3 Å². The van der Waals surface area contributed by atoms with Crippen LogP contribution in [0, 0.1) is 6.92 Å². The molecule has 0 unspecified atom stereocenters. The summed E-state index contributed by atoms with van der Waals surface area (Å²) in [4.78, 5) is 2.61. The summed E-state index contributed by atoms with van der Waals surface area (Å²) in [6.07, 6.45) is 2.45. The molecule has 1 atom stereocenters. The van der Waals surface area contributed by atoms with Gasteiger partial charge in [0, 0.05) is 32.2 Å². The van der Waals surface area contributed by atoms with Crippen molar-refractivity contribution in [3.8, 4) is 5.75 Å². The average Bonchev–Trinajstić information content (AvgIpc) is 2.45. The van der Waals surface area contributed by atoms with E-state index in [0.29, 0.717) is 6.04 Å². The Bertz CT molecular complexity index is 400. The molecule has 0 saturated carbocycles. The predicted octanol–water partition coefficient (Wildman–Crippen LogP) is 2.75. The van der Waals surface area contributed by atoms with Crippen LogP contribution in [0.1, 0.15) is 36.9 Å². The summed E-state index contributed by atoms with van der Waals surface area (Å²) >= 11 is 0. The van der Waals surface area contributed by atoms with Gasteiger partial charge in [0.1, 0.15) is 5.75 Å². The monoisotopic (exact) mass is 262 g/mol. The highest BCUT2D eigenvalue weighted by atomic mass is 16.5. The van der Waals surface area contributed by atoms with Crippen LogP contribution in [0.3, 0.4) is 0 Å². The van der Waals surface area contributed by atoms with E-state index >= 15 is 0 Å². The molecule has 106 valence electrons. The van der Waals surface area contributed by atoms with E-state index in [1.807, 2.05) is 0 Å². The summed E-state index contributed by atoms with van der Waals surface area (Å²) in [5.41, 5.74) is 2.67. The van der Waals surface area contributed by atoms with Crippen LogP contribution >= 0.6 is 0 Å². The lowest BCUT2D eigenvalue weighted by molar-refractivity contribution is 0.164. The fourth-order valence-corrected chi connectivity index (χ4v) is 2.94. The highest BCUT2D eigenvalue weighted by molar-refractivity contribution is 5.37.